The monoisotopic (exact) mass is 268 g/mol. The summed E-state index contributed by atoms with van der Waals surface area (Å²) >= 11 is 1.13. The van der Waals surface area contributed by atoms with Crippen molar-refractivity contribution in [1.29, 1.82) is 0 Å². The number of nitrogens with two attached hydrogens (primary N) is 1. The molecule has 7 heteroatoms. The molecule has 0 fully saturated rings. The van der Waals surface area contributed by atoms with Crippen LogP contribution >= 0.6 is 11.3 Å². The van der Waals surface area contributed by atoms with Gasteiger partial charge in [-0.05, 0) is 23.6 Å². The molecule has 18 heavy (non-hydrogen) atoms. The molecule has 2 amide bonds. The maximum Gasteiger partial charge on any atom is 0.284 e. The molecule has 0 aliphatic heterocycles. The summed E-state index contributed by atoms with van der Waals surface area (Å²) < 4.78 is 13.6. The Balaban J connectivity index is 2.10. The zero-order valence-corrected chi connectivity index (χ0v) is 9.92. The third-order valence-electron chi connectivity index (χ3n) is 2.09. The highest BCUT2D eigenvalue weighted by molar-refractivity contribution is 7.20. The molecule has 0 radical (unpaired) electrons. The molecule has 2 aromatic rings. The lowest BCUT2D eigenvalue weighted by Crippen LogP contribution is -2.28. The number of hydrogen-bond donors (Lipinski definition) is 2. The molecule has 1 aromatic heterocycles. The Morgan fingerprint density at radius 3 is 2.89 bits per heavy atom. The first kappa shape index (κ1) is 12.5. The van der Waals surface area contributed by atoms with Gasteiger partial charge in [0, 0.05) is 4.70 Å². The van der Waals surface area contributed by atoms with Gasteiger partial charge in [0.05, 0.1) is 4.88 Å². The van der Waals surface area contributed by atoms with Gasteiger partial charge in [0.15, 0.2) is 6.61 Å². The zero-order chi connectivity index (χ0) is 13.1. The second-order valence-corrected chi connectivity index (χ2v) is 4.56. The van der Waals surface area contributed by atoms with Crippen LogP contribution in [-0.4, -0.2) is 18.4 Å². The Hall–Kier alpha value is -1.99. The first-order valence-electron chi connectivity index (χ1n) is 4.96. The lowest BCUT2D eigenvalue weighted by molar-refractivity contribution is -0.124. The number of halogens is 1. The fourth-order valence-electron chi connectivity index (χ4n) is 1.34. The highest BCUT2D eigenvalue weighted by Crippen LogP contribution is 2.26. The van der Waals surface area contributed by atoms with E-state index in [-0.39, 0.29) is 5.82 Å². The first-order chi connectivity index (χ1) is 8.56. The van der Waals surface area contributed by atoms with E-state index in [0.29, 0.717) is 9.58 Å². The van der Waals surface area contributed by atoms with Crippen molar-refractivity contribution in [3.8, 4) is 0 Å². The van der Waals surface area contributed by atoms with Crippen LogP contribution in [0.15, 0.2) is 24.3 Å². The van der Waals surface area contributed by atoms with Crippen LogP contribution in [0.2, 0.25) is 0 Å². The number of amides is 2. The maximum atomic E-state index is 13.0. The largest absolute Gasteiger partial charge is 0.368 e. The van der Waals surface area contributed by atoms with Crippen LogP contribution in [0.25, 0.3) is 10.1 Å². The smallest absolute Gasteiger partial charge is 0.284 e. The molecule has 2 rings (SSSR count). The van der Waals surface area contributed by atoms with Crippen molar-refractivity contribution >= 4 is 33.2 Å². The molecule has 1 heterocycles. The molecule has 3 N–H and O–H groups in total. The van der Waals surface area contributed by atoms with E-state index < -0.39 is 18.4 Å². The molecule has 0 aliphatic rings. The standard InChI is InChI=1S/C11H9FN2O3S/c12-7-2-1-6-3-9(18-8(6)4-7)11(16)14-17-5-10(13)15/h1-4H,5H2,(H2,13,15)(H,14,16). The number of fused-ring (bicyclic) bond motifs is 1. The number of carbonyl (C=O) groups is 2. The van der Waals surface area contributed by atoms with Crippen LogP contribution in [-0.2, 0) is 9.63 Å². The third-order valence-corrected chi connectivity index (χ3v) is 3.18. The quantitative estimate of drug-likeness (QED) is 0.817. The fourth-order valence-corrected chi connectivity index (χ4v) is 2.31. The van der Waals surface area contributed by atoms with Crippen molar-refractivity contribution in [2.24, 2.45) is 5.73 Å². The molecular weight excluding hydrogens is 259 g/mol. The second kappa shape index (κ2) is 5.11. The molecule has 0 aliphatic carbocycles. The Bertz CT molecular complexity index is 611. The van der Waals surface area contributed by atoms with Crippen molar-refractivity contribution in [1.82, 2.24) is 5.48 Å². The van der Waals surface area contributed by atoms with Crippen molar-refractivity contribution < 1.29 is 18.8 Å². The fraction of sp³-hybridized carbons (Fsp3) is 0.0909. The van der Waals surface area contributed by atoms with E-state index in [1.807, 2.05) is 0 Å². The second-order valence-electron chi connectivity index (χ2n) is 3.48. The van der Waals surface area contributed by atoms with Gasteiger partial charge in [0.2, 0.25) is 5.91 Å². The number of hydrogen-bond acceptors (Lipinski definition) is 4. The molecule has 0 atom stereocenters. The van der Waals surface area contributed by atoms with Crippen molar-refractivity contribution in [3.05, 3.63) is 35.0 Å². The average Bonchev–Trinajstić information content (AvgIpc) is 2.71. The van der Waals surface area contributed by atoms with Gasteiger partial charge in [-0.3, -0.25) is 14.4 Å². The molecule has 0 saturated heterocycles. The minimum atomic E-state index is -0.686. The number of benzene rings is 1. The van der Waals surface area contributed by atoms with E-state index >= 15 is 0 Å². The van der Waals surface area contributed by atoms with Gasteiger partial charge < -0.3 is 5.73 Å². The number of carbonyl (C=O) groups excluding carboxylic acids is 2. The van der Waals surface area contributed by atoms with E-state index in [0.717, 1.165) is 16.7 Å². The summed E-state index contributed by atoms with van der Waals surface area (Å²) in [5, 5.41) is 0.765. The van der Waals surface area contributed by atoms with Crippen LogP contribution in [0.4, 0.5) is 4.39 Å². The zero-order valence-electron chi connectivity index (χ0n) is 9.10. The highest BCUT2D eigenvalue weighted by atomic mass is 32.1. The number of rotatable bonds is 4. The van der Waals surface area contributed by atoms with Crippen LogP contribution < -0.4 is 11.2 Å². The number of primary amides is 1. The molecule has 5 nitrogen and oxygen atoms in total. The number of thiophene rings is 1. The predicted molar refractivity (Wildman–Crippen MR) is 64.4 cm³/mol. The van der Waals surface area contributed by atoms with Gasteiger partial charge in [-0.15, -0.1) is 11.3 Å². The van der Waals surface area contributed by atoms with E-state index in [2.05, 4.69) is 10.3 Å². The normalized spacial score (nSPS) is 10.5. The van der Waals surface area contributed by atoms with Crippen LogP contribution in [0.5, 0.6) is 0 Å². The molecule has 0 saturated carbocycles. The Labute approximate surface area is 105 Å². The Morgan fingerprint density at radius 2 is 2.17 bits per heavy atom. The summed E-state index contributed by atoms with van der Waals surface area (Å²) in [7, 11) is 0. The molecular formula is C11H9FN2O3S. The summed E-state index contributed by atoms with van der Waals surface area (Å²) in [6.07, 6.45) is 0. The lowest BCUT2D eigenvalue weighted by atomic mass is 10.2. The van der Waals surface area contributed by atoms with Gasteiger partial charge in [0.25, 0.3) is 5.91 Å². The van der Waals surface area contributed by atoms with Gasteiger partial charge >= 0.3 is 0 Å². The first-order valence-corrected chi connectivity index (χ1v) is 5.77. The molecule has 0 unspecified atom stereocenters. The predicted octanol–water partition coefficient (Wildman–Crippen LogP) is 1.19. The van der Waals surface area contributed by atoms with Crippen LogP contribution in [0.3, 0.4) is 0 Å². The van der Waals surface area contributed by atoms with E-state index in [4.69, 9.17) is 5.73 Å². The summed E-state index contributed by atoms with van der Waals surface area (Å²) in [6.45, 7) is -0.398. The van der Waals surface area contributed by atoms with E-state index in [1.165, 1.54) is 12.1 Å². The lowest BCUT2D eigenvalue weighted by Gasteiger charge is -2.00. The van der Waals surface area contributed by atoms with Crippen LogP contribution in [0, 0.1) is 5.82 Å². The summed E-state index contributed by atoms with van der Waals surface area (Å²) in [5.41, 5.74) is 6.92. The van der Waals surface area contributed by atoms with Crippen molar-refractivity contribution in [2.75, 3.05) is 6.61 Å². The van der Waals surface area contributed by atoms with Gasteiger partial charge in [-0.2, -0.15) is 0 Å². The minimum Gasteiger partial charge on any atom is -0.368 e. The van der Waals surface area contributed by atoms with Crippen LogP contribution in [0.1, 0.15) is 9.67 Å². The topological polar surface area (TPSA) is 81.4 Å². The summed E-state index contributed by atoms with van der Waals surface area (Å²) in [5.74, 6) is -1.55. The van der Waals surface area contributed by atoms with Gasteiger partial charge in [0.1, 0.15) is 5.82 Å². The average molecular weight is 268 g/mol. The van der Waals surface area contributed by atoms with E-state index in [1.54, 1.807) is 12.1 Å². The number of nitrogens with one attached hydrogen (secondary N) is 1. The summed E-state index contributed by atoms with van der Waals surface area (Å²) in [6, 6.07) is 5.87. The third kappa shape index (κ3) is 2.82. The molecule has 0 bridgehead atoms. The highest BCUT2D eigenvalue weighted by Gasteiger charge is 2.11. The Kier molecular flexibility index (Phi) is 3.54. The SMILES string of the molecule is NC(=O)CONC(=O)c1cc2ccc(F)cc2s1. The Morgan fingerprint density at radius 1 is 1.39 bits per heavy atom. The van der Waals surface area contributed by atoms with E-state index in [9.17, 15) is 14.0 Å². The number of hydroxylamine groups is 1. The summed E-state index contributed by atoms with van der Waals surface area (Å²) in [4.78, 5) is 27.0. The van der Waals surface area contributed by atoms with Gasteiger partial charge in [-0.25, -0.2) is 9.87 Å². The maximum absolute atomic E-state index is 13.0. The van der Waals surface area contributed by atoms with Crippen molar-refractivity contribution in [2.45, 2.75) is 0 Å². The molecule has 0 spiro atoms. The van der Waals surface area contributed by atoms with Gasteiger partial charge in [-0.1, -0.05) is 6.07 Å². The van der Waals surface area contributed by atoms with Crippen molar-refractivity contribution in [3.63, 3.8) is 0 Å². The molecule has 1 aromatic carbocycles. The minimum absolute atomic E-state index is 0.360. The molecule has 94 valence electrons.